The highest BCUT2D eigenvalue weighted by Crippen LogP contribution is 2.35. The van der Waals surface area contributed by atoms with Gasteiger partial charge in [0.1, 0.15) is 0 Å². The van der Waals surface area contributed by atoms with Crippen molar-refractivity contribution < 1.29 is 19.8 Å². The highest BCUT2D eigenvalue weighted by atomic mass is 79.9. The number of benzene rings is 2. The van der Waals surface area contributed by atoms with E-state index in [4.69, 9.17) is 0 Å². The van der Waals surface area contributed by atoms with Crippen molar-refractivity contribution in [1.82, 2.24) is 0 Å². The zero-order valence-corrected chi connectivity index (χ0v) is 12.9. The topological polar surface area (TPSA) is 86.6 Å². The van der Waals surface area contributed by atoms with E-state index in [1.807, 2.05) is 6.92 Å². The Bertz CT molecular complexity index is 727. The van der Waals surface area contributed by atoms with E-state index < -0.39 is 11.9 Å². The Kier molecular flexibility index (Phi) is 4.47. The number of rotatable bonds is 5. The zero-order chi connectivity index (χ0) is 15.6. The van der Waals surface area contributed by atoms with Crippen molar-refractivity contribution in [2.24, 2.45) is 0 Å². The highest BCUT2D eigenvalue weighted by Gasteiger charge is 2.21. The average Bonchev–Trinajstić information content (AvgIpc) is 2.43. The van der Waals surface area contributed by atoms with Crippen LogP contribution in [0.25, 0.3) is 10.8 Å². The molecule has 6 heteroatoms. The molecule has 0 aliphatic carbocycles. The van der Waals surface area contributed by atoms with E-state index in [1.54, 1.807) is 18.2 Å². The summed E-state index contributed by atoms with van der Waals surface area (Å²) in [6, 6.07) is 6.42. The van der Waals surface area contributed by atoms with Gasteiger partial charge in [-0.25, -0.2) is 9.59 Å². The molecule has 0 aliphatic rings. The Labute approximate surface area is 129 Å². The Hall–Kier alpha value is -2.08. The lowest BCUT2D eigenvalue weighted by molar-refractivity contribution is 0.0695. The van der Waals surface area contributed by atoms with Crippen LogP contribution >= 0.6 is 15.9 Å². The third-order valence-corrected chi connectivity index (χ3v) is 3.75. The van der Waals surface area contributed by atoms with Crippen molar-refractivity contribution in [1.29, 1.82) is 0 Å². The first-order valence-corrected chi connectivity index (χ1v) is 7.22. The zero-order valence-electron chi connectivity index (χ0n) is 11.3. The minimum absolute atomic E-state index is 0.0225. The van der Waals surface area contributed by atoms with E-state index in [1.165, 1.54) is 6.07 Å². The smallest absolute Gasteiger partial charge is 0.337 e. The normalized spacial score (nSPS) is 10.6. The van der Waals surface area contributed by atoms with Crippen molar-refractivity contribution in [3.8, 4) is 0 Å². The van der Waals surface area contributed by atoms with Crippen LogP contribution in [0.2, 0.25) is 0 Å². The summed E-state index contributed by atoms with van der Waals surface area (Å²) in [4.78, 5) is 22.9. The maximum atomic E-state index is 11.5. The van der Waals surface area contributed by atoms with Crippen molar-refractivity contribution >= 4 is 44.3 Å². The maximum Gasteiger partial charge on any atom is 0.337 e. The van der Waals surface area contributed by atoms with Crippen molar-refractivity contribution in [3.05, 3.63) is 39.9 Å². The van der Waals surface area contributed by atoms with Crippen LogP contribution < -0.4 is 5.32 Å². The fourth-order valence-electron chi connectivity index (χ4n) is 2.24. The van der Waals surface area contributed by atoms with Crippen LogP contribution in [0.1, 0.15) is 34.1 Å². The van der Waals surface area contributed by atoms with E-state index in [0.717, 1.165) is 6.42 Å². The van der Waals surface area contributed by atoms with Gasteiger partial charge in [-0.2, -0.15) is 0 Å². The number of carboxylic acid groups (broad SMARTS) is 2. The molecule has 110 valence electrons. The number of aromatic carboxylic acids is 2. The first kappa shape index (κ1) is 15.3. The van der Waals surface area contributed by atoms with E-state index in [-0.39, 0.29) is 16.5 Å². The molecular formula is C15H14BrNO4. The fraction of sp³-hybridized carbons (Fsp3) is 0.200. The molecule has 2 aromatic carbocycles. The van der Waals surface area contributed by atoms with Gasteiger partial charge in [0.05, 0.1) is 11.1 Å². The van der Waals surface area contributed by atoms with Crippen LogP contribution in [0.3, 0.4) is 0 Å². The van der Waals surface area contributed by atoms with Crippen LogP contribution in [0.5, 0.6) is 0 Å². The number of fused-ring (bicyclic) bond motifs is 1. The summed E-state index contributed by atoms with van der Waals surface area (Å²) in [6.45, 7) is 2.73. The Morgan fingerprint density at radius 3 is 2.52 bits per heavy atom. The molecule has 2 aromatic rings. The third-order valence-electron chi connectivity index (χ3n) is 3.12. The Balaban J connectivity index is 2.87. The standard InChI is InChI=1S/C15H14BrNO4/c1-2-6-17-11-7-10(16)13(15(20)21)12-8(11)4-3-5-9(12)14(18)19/h3-5,7,17H,2,6H2,1H3,(H,18,19)(H,20,21). The summed E-state index contributed by atoms with van der Waals surface area (Å²) in [5.74, 6) is -2.31. The van der Waals surface area contributed by atoms with Crippen molar-refractivity contribution in [2.45, 2.75) is 13.3 Å². The van der Waals surface area contributed by atoms with Gasteiger partial charge in [0.15, 0.2) is 0 Å². The first-order valence-electron chi connectivity index (χ1n) is 6.43. The molecule has 21 heavy (non-hydrogen) atoms. The lowest BCUT2D eigenvalue weighted by atomic mass is 9.97. The van der Waals surface area contributed by atoms with Crippen LogP contribution in [-0.2, 0) is 0 Å². The van der Waals surface area contributed by atoms with E-state index >= 15 is 0 Å². The second-order valence-electron chi connectivity index (χ2n) is 4.55. The molecule has 0 fully saturated rings. The summed E-state index contributed by atoms with van der Waals surface area (Å²) in [5.41, 5.74) is 0.655. The van der Waals surface area contributed by atoms with Crippen LogP contribution in [0.15, 0.2) is 28.7 Å². The van der Waals surface area contributed by atoms with Gasteiger partial charge in [0.25, 0.3) is 0 Å². The van der Waals surface area contributed by atoms with Crippen LogP contribution in [0, 0.1) is 0 Å². The second kappa shape index (κ2) is 6.13. The molecule has 0 radical (unpaired) electrons. The Morgan fingerprint density at radius 2 is 1.95 bits per heavy atom. The number of anilines is 1. The number of carboxylic acids is 2. The van der Waals surface area contributed by atoms with E-state index in [2.05, 4.69) is 21.2 Å². The quantitative estimate of drug-likeness (QED) is 0.762. The van der Waals surface area contributed by atoms with Crippen LogP contribution in [0.4, 0.5) is 5.69 Å². The molecule has 0 atom stereocenters. The molecule has 5 nitrogen and oxygen atoms in total. The summed E-state index contributed by atoms with van der Waals surface area (Å²) in [7, 11) is 0. The predicted octanol–water partition coefficient (Wildman–Crippen LogP) is 3.82. The number of nitrogens with one attached hydrogen (secondary N) is 1. The van der Waals surface area contributed by atoms with Gasteiger partial charge in [0, 0.05) is 27.5 Å². The minimum atomic E-state index is -1.16. The molecule has 0 aromatic heterocycles. The molecular weight excluding hydrogens is 338 g/mol. The summed E-state index contributed by atoms with van der Waals surface area (Å²) < 4.78 is 0.356. The predicted molar refractivity (Wildman–Crippen MR) is 84.3 cm³/mol. The molecule has 0 spiro atoms. The number of carbonyl (C=O) groups is 2. The minimum Gasteiger partial charge on any atom is -0.478 e. The van der Waals surface area contributed by atoms with Gasteiger partial charge in [-0.15, -0.1) is 0 Å². The molecule has 0 amide bonds. The monoisotopic (exact) mass is 351 g/mol. The SMILES string of the molecule is CCCNc1cc(Br)c(C(=O)O)c2c(C(=O)O)cccc12. The molecule has 0 bridgehead atoms. The molecule has 0 aliphatic heterocycles. The molecule has 0 unspecified atom stereocenters. The third kappa shape index (κ3) is 2.85. The maximum absolute atomic E-state index is 11.5. The van der Waals surface area contributed by atoms with Gasteiger partial charge in [-0.3, -0.25) is 0 Å². The van der Waals surface area contributed by atoms with E-state index in [9.17, 15) is 19.8 Å². The lowest BCUT2D eigenvalue weighted by Gasteiger charge is -2.14. The second-order valence-corrected chi connectivity index (χ2v) is 5.40. The average molecular weight is 352 g/mol. The summed E-state index contributed by atoms with van der Waals surface area (Å²) >= 11 is 3.23. The fourth-order valence-corrected chi connectivity index (χ4v) is 2.83. The largest absolute Gasteiger partial charge is 0.478 e. The van der Waals surface area contributed by atoms with Gasteiger partial charge in [-0.1, -0.05) is 19.1 Å². The molecule has 2 rings (SSSR count). The van der Waals surface area contributed by atoms with Gasteiger partial charge < -0.3 is 15.5 Å². The van der Waals surface area contributed by atoms with Gasteiger partial charge in [-0.05, 0) is 34.5 Å². The molecule has 3 N–H and O–H groups in total. The summed E-state index contributed by atoms with van der Waals surface area (Å²) in [5, 5.41) is 22.7. The Morgan fingerprint density at radius 1 is 1.24 bits per heavy atom. The number of halogens is 1. The first-order chi connectivity index (χ1) is 9.97. The van der Waals surface area contributed by atoms with E-state index in [0.29, 0.717) is 22.1 Å². The van der Waals surface area contributed by atoms with Gasteiger partial charge in [0.2, 0.25) is 0 Å². The molecule has 0 saturated carbocycles. The molecule has 0 saturated heterocycles. The number of hydrogen-bond acceptors (Lipinski definition) is 3. The number of hydrogen-bond donors (Lipinski definition) is 3. The summed E-state index contributed by atoms with van der Waals surface area (Å²) in [6.07, 6.45) is 0.901. The van der Waals surface area contributed by atoms with Crippen molar-refractivity contribution in [2.75, 3.05) is 11.9 Å². The van der Waals surface area contributed by atoms with Crippen LogP contribution in [-0.4, -0.2) is 28.7 Å². The highest BCUT2D eigenvalue weighted by molar-refractivity contribution is 9.10. The van der Waals surface area contributed by atoms with Crippen molar-refractivity contribution in [3.63, 3.8) is 0 Å². The lowest BCUT2D eigenvalue weighted by Crippen LogP contribution is -2.08. The molecule has 0 heterocycles. The van der Waals surface area contributed by atoms with Gasteiger partial charge >= 0.3 is 11.9 Å².